The van der Waals surface area contributed by atoms with Crippen molar-refractivity contribution in [2.75, 3.05) is 13.2 Å². The van der Waals surface area contributed by atoms with Crippen LogP contribution in [0.25, 0.3) is 0 Å². The number of rotatable bonds is 9. The molecule has 0 aromatic rings. The van der Waals surface area contributed by atoms with E-state index >= 15 is 0 Å². The molecule has 0 aliphatic carbocycles. The van der Waals surface area contributed by atoms with E-state index in [0.29, 0.717) is 12.1 Å². The molecule has 14 heavy (non-hydrogen) atoms. The molecule has 1 unspecified atom stereocenters. The van der Waals surface area contributed by atoms with Gasteiger partial charge in [0.15, 0.2) is 0 Å². The average Bonchev–Trinajstić information content (AvgIpc) is 2.20. The maximum absolute atomic E-state index is 5.66. The van der Waals surface area contributed by atoms with E-state index in [4.69, 9.17) is 4.74 Å². The quantitative estimate of drug-likeness (QED) is 0.579. The van der Waals surface area contributed by atoms with E-state index in [2.05, 4.69) is 33.0 Å². The van der Waals surface area contributed by atoms with Crippen LogP contribution in [0.1, 0.15) is 53.4 Å². The molecule has 0 amide bonds. The lowest BCUT2D eigenvalue weighted by atomic mass is 10.1. The van der Waals surface area contributed by atoms with Gasteiger partial charge in [0.1, 0.15) is 0 Å². The molecule has 0 aromatic carbocycles. The Hall–Kier alpha value is -0.0800. The lowest BCUT2D eigenvalue weighted by molar-refractivity contribution is 0.0617. The van der Waals surface area contributed by atoms with Crippen molar-refractivity contribution in [1.29, 1.82) is 0 Å². The fourth-order valence-electron chi connectivity index (χ4n) is 1.40. The summed E-state index contributed by atoms with van der Waals surface area (Å²) < 4.78 is 5.66. The van der Waals surface area contributed by atoms with Crippen molar-refractivity contribution in [3.8, 4) is 0 Å². The minimum Gasteiger partial charge on any atom is -0.377 e. The van der Waals surface area contributed by atoms with Crippen LogP contribution < -0.4 is 5.32 Å². The monoisotopic (exact) mass is 201 g/mol. The molecule has 0 rings (SSSR count). The minimum atomic E-state index is 0.349. The van der Waals surface area contributed by atoms with Gasteiger partial charge in [-0.05, 0) is 26.2 Å². The second-order valence-electron chi connectivity index (χ2n) is 3.96. The summed E-state index contributed by atoms with van der Waals surface area (Å²) in [4.78, 5) is 0. The van der Waals surface area contributed by atoms with Crippen molar-refractivity contribution in [2.24, 2.45) is 0 Å². The van der Waals surface area contributed by atoms with Crippen molar-refractivity contribution in [2.45, 2.75) is 65.5 Å². The molecule has 2 nitrogen and oxygen atoms in total. The van der Waals surface area contributed by atoms with Crippen molar-refractivity contribution >= 4 is 0 Å². The first-order valence-corrected chi connectivity index (χ1v) is 6.09. The average molecular weight is 201 g/mol. The van der Waals surface area contributed by atoms with E-state index in [1.807, 2.05) is 0 Å². The Balaban J connectivity index is 3.37. The number of unbranched alkanes of at least 4 members (excludes halogenated alkanes) is 1. The van der Waals surface area contributed by atoms with Crippen LogP contribution in [-0.2, 0) is 4.74 Å². The van der Waals surface area contributed by atoms with Crippen LogP contribution >= 0.6 is 0 Å². The number of nitrogens with one attached hydrogen (secondary N) is 1. The van der Waals surface area contributed by atoms with Gasteiger partial charge in [0.2, 0.25) is 0 Å². The first-order chi connectivity index (χ1) is 6.74. The summed E-state index contributed by atoms with van der Waals surface area (Å²) in [5.41, 5.74) is 0. The summed E-state index contributed by atoms with van der Waals surface area (Å²) in [6, 6.07) is 0.659. The molecule has 0 spiro atoms. The predicted octanol–water partition coefficient (Wildman–Crippen LogP) is 2.97. The molecular weight excluding hydrogens is 174 g/mol. The van der Waals surface area contributed by atoms with Gasteiger partial charge in [0.25, 0.3) is 0 Å². The number of hydrogen-bond donors (Lipinski definition) is 1. The molecule has 0 radical (unpaired) electrons. The third-order valence-electron chi connectivity index (χ3n) is 2.58. The zero-order chi connectivity index (χ0) is 10.8. The third kappa shape index (κ3) is 7.34. The molecule has 1 atom stereocenters. The van der Waals surface area contributed by atoms with Crippen LogP contribution in [0.4, 0.5) is 0 Å². The SMILES string of the molecule is CCCCOC(C)CNC(CC)CC. The lowest BCUT2D eigenvalue weighted by Crippen LogP contribution is -2.34. The van der Waals surface area contributed by atoms with Gasteiger partial charge in [0, 0.05) is 19.2 Å². The second kappa shape index (κ2) is 9.47. The molecule has 0 aromatic heterocycles. The highest BCUT2D eigenvalue weighted by molar-refractivity contribution is 4.64. The molecule has 0 saturated carbocycles. The Morgan fingerprint density at radius 1 is 1.14 bits per heavy atom. The van der Waals surface area contributed by atoms with Gasteiger partial charge in [-0.15, -0.1) is 0 Å². The van der Waals surface area contributed by atoms with Gasteiger partial charge < -0.3 is 10.1 Å². The fraction of sp³-hybridized carbons (Fsp3) is 1.00. The molecule has 86 valence electrons. The molecule has 0 aliphatic heterocycles. The van der Waals surface area contributed by atoms with Crippen LogP contribution in [0.15, 0.2) is 0 Å². The van der Waals surface area contributed by atoms with Crippen LogP contribution in [0.3, 0.4) is 0 Å². The highest BCUT2D eigenvalue weighted by Gasteiger charge is 2.05. The largest absolute Gasteiger partial charge is 0.377 e. The van der Waals surface area contributed by atoms with E-state index in [1.165, 1.54) is 25.7 Å². The van der Waals surface area contributed by atoms with E-state index in [9.17, 15) is 0 Å². The fourth-order valence-corrected chi connectivity index (χ4v) is 1.40. The summed E-state index contributed by atoms with van der Waals surface area (Å²) in [6.45, 7) is 10.7. The molecule has 0 bridgehead atoms. The van der Waals surface area contributed by atoms with Crippen molar-refractivity contribution < 1.29 is 4.74 Å². The molecule has 1 N–H and O–H groups in total. The van der Waals surface area contributed by atoms with E-state index in [0.717, 1.165) is 13.2 Å². The molecule has 0 saturated heterocycles. The lowest BCUT2D eigenvalue weighted by Gasteiger charge is -2.19. The van der Waals surface area contributed by atoms with Gasteiger partial charge in [-0.25, -0.2) is 0 Å². The summed E-state index contributed by atoms with van der Waals surface area (Å²) in [5, 5.41) is 3.52. The summed E-state index contributed by atoms with van der Waals surface area (Å²) in [6.07, 6.45) is 5.15. The maximum Gasteiger partial charge on any atom is 0.0671 e. The Morgan fingerprint density at radius 2 is 1.79 bits per heavy atom. The van der Waals surface area contributed by atoms with Crippen molar-refractivity contribution in [3.05, 3.63) is 0 Å². The topological polar surface area (TPSA) is 21.3 Å². The van der Waals surface area contributed by atoms with Crippen LogP contribution in [-0.4, -0.2) is 25.3 Å². The molecule has 0 heterocycles. The van der Waals surface area contributed by atoms with Crippen molar-refractivity contribution in [3.63, 3.8) is 0 Å². The Labute approximate surface area is 89.4 Å². The van der Waals surface area contributed by atoms with Gasteiger partial charge in [-0.2, -0.15) is 0 Å². The van der Waals surface area contributed by atoms with Crippen LogP contribution in [0.5, 0.6) is 0 Å². The van der Waals surface area contributed by atoms with Crippen molar-refractivity contribution in [1.82, 2.24) is 5.32 Å². The third-order valence-corrected chi connectivity index (χ3v) is 2.58. The zero-order valence-electron chi connectivity index (χ0n) is 10.3. The first-order valence-electron chi connectivity index (χ1n) is 6.09. The highest BCUT2D eigenvalue weighted by Crippen LogP contribution is 1.98. The molecular formula is C12H27NO. The summed E-state index contributed by atoms with van der Waals surface area (Å²) in [7, 11) is 0. The molecule has 2 heteroatoms. The van der Waals surface area contributed by atoms with Crippen LogP contribution in [0, 0.1) is 0 Å². The minimum absolute atomic E-state index is 0.349. The number of ether oxygens (including phenoxy) is 1. The highest BCUT2D eigenvalue weighted by atomic mass is 16.5. The smallest absolute Gasteiger partial charge is 0.0671 e. The normalized spacial score (nSPS) is 13.5. The standard InChI is InChI=1S/C12H27NO/c1-5-8-9-14-11(4)10-13-12(6-2)7-3/h11-13H,5-10H2,1-4H3. The summed E-state index contributed by atoms with van der Waals surface area (Å²) >= 11 is 0. The van der Waals surface area contributed by atoms with Gasteiger partial charge in [-0.3, -0.25) is 0 Å². The Morgan fingerprint density at radius 3 is 2.29 bits per heavy atom. The molecule has 0 aliphatic rings. The van der Waals surface area contributed by atoms with E-state index < -0.39 is 0 Å². The van der Waals surface area contributed by atoms with E-state index in [1.54, 1.807) is 0 Å². The summed E-state index contributed by atoms with van der Waals surface area (Å²) in [5.74, 6) is 0. The van der Waals surface area contributed by atoms with Gasteiger partial charge >= 0.3 is 0 Å². The van der Waals surface area contributed by atoms with Gasteiger partial charge in [0.05, 0.1) is 6.10 Å². The number of hydrogen-bond acceptors (Lipinski definition) is 2. The zero-order valence-corrected chi connectivity index (χ0v) is 10.3. The Bertz CT molecular complexity index is 113. The first kappa shape index (κ1) is 13.9. The molecule has 0 fully saturated rings. The van der Waals surface area contributed by atoms with Crippen LogP contribution in [0.2, 0.25) is 0 Å². The maximum atomic E-state index is 5.66. The van der Waals surface area contributed by atoms with Gasteiger partial charge in [-0.1, -0.05) is 27.2 Å². The van der Waals surface area contributed by atoms with E-state index in [-0.39, 0.29) is 0 Å². The predicted molar refractivity (Wildman–Crippen MR) is 62.7 cm³/mol. The second-order valence-corrected chi connectivity index (χ2v) is 3.96. The Kier molecular flexibility index (Phi) is 9.42.